The molecule has 98 valence electrons. The summed E-state index contributed by atoms with van der Waals surface area (Å²) in [7, 11) is 1.76. The second-order valence-electron chi connectivity index (χ2n) is 4.50. The maximum absolute atomic E-state index is 7.67. The lowest BCUT2D eigenvalue weighted by atomic mass is 10.0. The van der Waals surface area contributed by atoms with Crippen molar-refractivity contribution in [3.63, 3.8) is 0 Å². The van der Waals surface area contributed by atoms with E-state index in [-0.39, 0.29) is 5.84 Å². The van der Waals surface area contributed by atoms with Crippen LogP contribution in [-0.2, 0) is 4.74 Å². The van der Waals surface area contributed by atoms with Gasteiger partial charge >= 0.3 is 0 Å². The number of piperidine rings is 1. The number of ether oxygens (including phenoxy) is 1. The SMILES string of the molecule is COC1CCN(c2ccc(Br)cc2C(=N)N)CC1. The number of nitrogens with one attached hydrogen (secondary N) is 1. The fraction of sp³-hybridized carbons (Fsp3) is 0.462. The number of hydrogen-bond donors (Lipinski definition) is 2. The van der Waals surface area contributed by atoms with Crippen LogP contribution >= 0.6 is 15.9 Å². The highest BCUT2D eigenvalue weighted by Gasteiger charge is 2.21. The topological polar surface area (TPSA) is 62.3 Å². The molecule has 0 aromatic heterocycles. The average molecular weight is 312 g/mol. The lowest BCUT2D eigenvalue weighted by Gasteiger charge is -2.34. The summed E-state index contributed by atoms with van der Waals surface area (Å²) < 4.78 is 6.32. The van der Waals surface area contributed by atoms with E-state index in [2.05, 4.69) is 20.8 Å². The van der Waals surface area contributed by atoms with Crippen LogP contribution in [0.15, 0.2) is 22.7 Å². The quantitative estimate of drug-likeness (QED) is 0.665. The fourth-order valence-corrected chi connectivity index (χ4v) is 2.69. The summed E-state index contributed by atoms with van der Waals surface area (Å²) in [5.74, 6) is 0.111. The zero-order valence-corrected chi connectivity index (χ0v) is 12.0. The van der Waals surface area contributed by atoms with Crippen LogP contribution < -0.4 is 10.6 Å². The van der Waals surface area contributed by atoms with Crippen molar-refractivity contribution >= 4 is 27.5 Å². The van der Waals surface area contributed by atoms with Crippen molar-refractivity contribution in [2.24, 2.45) is 5.73 Å². The van der Waals surface area contributed by atoms with Gasteiger partial charge in [0.15, 0.2) is 0 Å². The van der Waals surface area contributed by atoms with Crippen LogP contribution in [0.5, 0.6) is 0 Å². The highest BCUT2D eigenvalue weighted by atomic mass is 79.9. The first-order valence-electron chi connectivity index (χ1n) is 6.03. The van der Waals surface area contributed by atoms with E-state index in [0.29, 0.717) is 6.10 Å². The van der Waals surface area contributed by atoms with Gasteiger partial charge in [0.1, 0.15) is 5.84 Å². The number of benzene rings is 1. The molecule has 1 fully saturated rings. The summed E-state index contributed by atoms with van der Waals surface area (Å²) in [5, 5.41) is 7.67. The fourth-order valence-electron chi connectivity index (χ4n) is 2.33. The third-order valence-corrected chi connectivity index (χ3v) is 3.86. The molecule has 0 aliphatic carbocycles. The molecule has 1 aromatic rings. The van der Waals surface area contributed by atoms with Gasteiger partial charge in [-0.25, -0.2) is 0 Å². The summed E-state index contributed by atoms with van der Waals surface area (Å²) in [5.41, 5.74) is 7.49. The van der Waals surface area contributed by atoms with Crippen LogP contribution in [0, 0.1) is 5.41 Å². The van der Waals surface area contributed by atoms with E-state index in [9.17, 15) is 0 Å². The third kappa shape index (κ3) is 2.84. The molecule has 18 heavy (non-hydrogen) atoms. The van der Waals surface area contributed by atoms with Gasteiger partial charge in [-0.05, 0) is 31.0 Å². The minimum absolute atomic E-state index is 0.111. The summed E-state index contributed by atoms with van der Waals surface area (Å²) >= 11 is 3.42. The van der Waals surface area contributed by atoms with Crippen LogP contribution in [0.25, 0.3) is 0 Å². The van der Waals surface area contributed by atoms with Gasteiger partial charge in [0.05, 0.1) is 6.10 Å². The van der Waals surface area contributed by atoms with Gasteiger partial charge in [0.2, 0.25) is 0 Å². The molecule has 0 amide bonds. The van der Waals surface area contributed by atoms with Gasteiger partial charge in [-0.3, -0.25) is 5.41 Å². The summed E-state index contributed by atoms with van der Waals surface area (Å²) in [4.78, 5) is 2.28. The van der Waals surface area contributed by atoms with Crippen molar-refractivity contribution in [3.05, 3.63) is 28.2 Å². The smallest absolute Gasteiger partial charge is 0.124 e. The van der Waals surface area contributed by atoms with Crippen molar-refractivity contribution in [1.29, 1.82) is 5.41 Å². The number of rotatable bonds is 3. The number of hydrogen-bond acceptors (Lipinski definition) is 3. The van der Waals surface area contributed by atoms with Crippen LogP contribution in [-0.4, -0.2) is 32.1 Å². The van der Waals surface area contributed by atoms with Crippen LogP contribution in [0.2, 0.25) is 0 Å². The first kappa shape index (κ1) is 13.4. The number of methoxy groups -OCH3 is 1. The first-order valence-corrected chi connectivity index (χ1v) is 6.83. The molecule has 0 spiro atoms. The van der Waals surface area contributed by atoms with E-state index >= 15 is 0 Å². The monoisotopic (exact) mass is 311 g/mol. The van der Waals surface area contributed by atoms with E-state index in [0.717, 1.165) is 41.7 Å². The average Bonchev–Trinajstić information content (AvgIpc) is 2.39. The normalized spacial score (nSPS) is 16.9. The van der Waals surface area contributed by atoms with E-state index in [4.69, 9.17) is 15.9 Å². The molecule has 2 rings (SSSR count). The number of nitrogens with two attached hydrogens (primary N) is 1. The molecule has 1 heterocycles. The molecule has 0 saturated carbocycles. The molecule has 3 N–H and O–H groups in total. The van der Waals surface area contributed by atoms with Crippen molar-refractivity contribution < 1.29 is 4.74 Å². The van der Waals surface area contributed by atoms with Crippen LogP contribution in [0.3, 0.4) is 0 Å². The number of nitrogen functional groups attached to an aromatic ring is 1. The molecule has 1 saturated heterocycles. The van der Waals surface area contributed by atoms with Gasteiger partial charge < -0.3 is 15.4 Å². The summed E-state index contributed by atoms with van der Waals surface area (Å²) in [6.07, 6.45) is 2.39. The molecular formula is C13H18BrN3O. The molecule has 1 aromatic carbocycles. The predicted molar refractivity (Wildman–Crippen MR) is 77.4 cm³/mol. The molecule has 1 aliphatic heterocycles. The molecule has 4 nitrogen and oxygen atoms in total. The molecule has 0 atom stereocenters. The third-order valence-electron chi connectivity index (χ3n) is 3.36. The lowest BCUT2D eigenvalue weighted by Crippen LogP contribution is -2.37. The van der Waals surface area contributed by atoms with Crippen molar-refractivity contribution in [2.75, 3.05) is 25.1 Å². The molecule has 1 aliphatic rings. The van der Waals surface area contributed by atoms with Crippen molar-refractivity contribution in [1.82, 2.24) is 0 Å². The predicted octanol–water partition coefficient (Wildman–Crippen LogP) is 2.35. The lowest BCUT2D eigenvalue weighted by molar-refractivity contribution is 0.0819. The Morgan fingerprint density at radius 3 is 2.67 bits per heavy atom. The van der Waals surface area contributed by atoms with E-state index in [1.165, 1.54) is 0 Å². The molecule has 0 bridgehead atoms. The second-order valence-corrected chi connectivity index (χ2v) is 5.41. The van der Waals surface area contributed by atoms with Crippen LogP contribution in [0.1, 0.15) is 18.4 Å². The van der Waals surface area contributed by atoms with Gasteiger partial charge in [-0.15, -0.1) is 0 Å². The molecule has 0 radical (unpaired) electrons. The maximum atomic E-state index is 7.67. The standard InChI is InChI=1S/C13H18BrN3O/c1-18-10-4-6-17(7-5-10)12-3-2-9(14)8-11(12)13(15)16/h2-3,8,10H,4-7H2,1H3,(H3,15,16). The summed E-state index contributed by atoms with van der Waals surface area (Å²) in [6.45, 7) is 1.89. The van der Waals surface area contributed by atoms with Gasteiger partial charge in [-0.2, -0.15) is 0 Å². The van der Waals surface area contributed by atoms with Crippen LogP contribution in [0.4, 0.5) is 5.69 Å². The van der Waals surface area contributed by atoms with E-state index in [1.807, 2.05) is 18.2 Å². The van der Waals surface area contributed by atoms with Crippen molar-refractivity contribution in [2.45, 2.75) is 18.9 Å². The number of halogens is 1. The van der Waals surface area contributed by atoms with Gasteiger partial charge in [0, 0.05) is 35.9 Å². The zero-order valence-electron chi connectivity index (χ0n) is 10.4. The molecular weight excluding hydrogens is 294 g/mol. The van der Waals surface area contributed by atoms with E-state index in [1.54, 1.807) is 7.11 Å². The Morgan fingerprint density at radius 1 is 1.44 bits per heavy atom. The van der Waals surface area contributed by atoms with E-state index < -0.39 is 0 Å². The maximum Gasteiger partial charge on any atom is 0.124 e. The zero-order chi connectivity index (χ0) is 13.1. The number of nitrogens with zero attached hydrogens (tertiary/aromatic N) is 1. The molecule has 5 heteroatoms. The minimum atomic E-state index is 0.111. The highest BCUT2D eigenvalue weighted by Crippen LogP contribution is 2.27. The van der Waals surface area contributed by atoms with Gasteiger partial charge in [0.25, 0.3) is 0 Å². The Hall–Kier alpha value is -1.07. The molecule has 0 unspecified atom stereocenters. The summed E-state index contributed by atoms with van der Waals surface area (Å²) in [6, 6.07) is 5.91. The Balaban J connectivity index is 2.21. The number of amidine groups is 1. The van der Waals surface area contributed by atoms with Gasteiger partial charge in [-0.1, -0.05) is 15.9 Å². The number of anilines is 1. The first-order chi connectivity index (χ1) is 8.61. The Kier molecular flexibility index (Phi) is 4.24. The largest absolute Gasteiger partial charge is 0.384 e. The highest BCUT2D eigenvalue weighted by molar-refractivity contribution is 9.10. The Bertz CT molecular complexity index is 442. The minimum Gasteiger partial charge on any atom is -0.384 e. The second kappa shape index (κ2) is 5.71. The van der Waals surface area contributed by atoms with Crippen molar-refractivity contribution in [3.8, 4) is 0 Å². The Labute approximate surface area is 116 Å². The Morgan fingerprint density at radius 2 is 2.11 bits per heavy atom.